The van der Waals surface area contributed by atoms with Crippen molar-refractivity contribution in [3.63, 3.8) is 0 Å². The first-order chi connectivity index (χ1) is 10.6. The zero-order valence-corrected chi connectivity index (χ0v) is 14.0. The normalized spacial score (nSPS) is 22.3. The van der Waals surface area contributed by atoms with E-state index >= 15 is 0 Å². The molecule has 22 heavy (non-hydrogen) atoms. The SMILES string of the molecule is CNC(=O)[C@@H]1CCCN1C(=O)c1cc2c(s1)CCN(C)CC2. The van der Waals surface area contributed by atoms with Gasteiger partial charge in [0.2, 0.25) is 5.91 Å². The van der Waals surface area contributed by atoms with E-state index in [4.69, 9.17) is 0 Å². The minimum atomic E-state index is -0.300. The van der Waals surface area contributed by atoms with Crippen LogP contribution in [-0.2, 0) is 17.6 Å². The molecule has 1 atom stereocenters. The van der Waals surface area contributed by atoms with Crippen LogP contribution in [0.3, 0.4) is 0 Å². The number of rotatable bonds is 2. The second kappa shape index (κ2) is 6.38. The molecule has 0 saturated carbocycles. The van der Waals surface area contributed by atoms with Crippen molar-refractivity contribution in [2.45, 2.75) is 31.7 Å². The first kappa shape index (κ1) is 15.5. The Hall–Kier alpha value is -1.40. The average molecular weight is 321 g/mol. The van der Waals surface area contributed by atoms with Crippen molar-refractivity contribution >= 4 is 23.2 Å². The van der Waals surface area contributed by atoms with Crippen LogP contribution in [-0.4, -0.2) is 61.4 Å². The van der Waals surface area contributed by atoms with E-state index in [-0.39, 0.29) is 17.9 Å². The summed E-state index contributed by atoms with van der Waals surface area (Å²) >= 11 is 1.62. The highest BCUT2D eigenvalue weighted by atomic mass is 32.1. The Kier molecular flexibility index (Phi) is 4.49. The number of likely N-dealkylation sites (N-methyl/N-ethyl adjacent to an activating group) is 2. The first-order valence-corrected chi connectivity index (χ1v) is 8.74. The average Bonchev–Trinajstić information content (AvgIpc) is 3.13. The lowest BCUT2D eigenvalue weighted by Gasteiger charge is -2.22. The summed E-state index contributed by atoms with van der Waals surface area (Å²) in [5, 5.41) is 2.67. The van der Waals surface area contributed by atoms with Gasteiger partial charge >= 0.3 is 0 Å². The monoisotopic (exact) mass is 321 g/mol. The highest BCUT2D eigenvalue weighted by molar-refractivity contribution is 7.14. The second-order valence-electron chi connectivity index (χ2n) is 6.13. The number of hydrogen-bond donors (Lipinski definition) is 1. The van der Waals surface area contributed by atoms with E-state index in [0.29, 0.717) is 6.54 Å². The topological polar surface area (TPSA) is 52.7 Å². The van der Waals surface area contributed by atoms with Crippen LogP contribution in [0.15, 0.2) is 6.07 Å². The van der Waals surface area contributed by atoms with Crippen LogP contribution in [0.2, 0.25) is 0 Å². The van der Waals surface area contributed by atoms with Gasteiger partial charge < -0.3 is 15.1 Å². The lowest BCUT2D eigenvalue weighted by Crippen LogP contribution is -2.44. The molecule has 5 nitrogen and oxygen atoms in total. The van der Waals surface area contributed by atoms with Gasteiger partial charge in [0.1, 0.15) is 6.04 Å². The summed E-state index contributed by atoms with van der Waals surface area (Å²) in [6.45, 7) is 2.77. The van der Waals surface area contributed by atoms with Crippen LogP contribution >= 0.6 is 11.3 Å². The molecule has 1 fully saturated rings. The third-order valence-corrected chi connectivity index (χ3v) is 5.88. The Bertz CT molecular complexity index is 558. The molecule has 2 amide bonds. The van der Waals surface area contributed by atoms with Crippen molar-refractivity contribution in [3.05, 3.63) is 21.4 Å². The standard InChI is InChI=1S/C16H23N3O2S/c1-17-15(20)12-4-3-7-19(12)16(21)14-10-11-5-8-18(2)9-6-13(11)22-14/h10,12H,3-9H2,1-2H3,(H,17,20)/t12-/m0/s1. The molecular weight excluding hydrogens is 298 g/mol. The minimum absolute atomic E-state index is 0.0255. The van der Waals surface area contributed by atoms with Crippen molar-refractivity contribution in [2.24, 2.45) is 0 Å². The van der Waals surface area contributed by atoms with E-state index < -0.39 is 0 Å². The Balaban J connectivity index is 1.78. The Morgan fingerprint density at radius 3 is 2.82 bits per heavy atom. The van der Waals surface area contributed by atoms with Crippen LogP contribution in [0, 0.1) is 0 Å². The van der Waals surface area contributed by atoms with Crippen molar-refractivity contribution in [3.8, 4) is 0 Å². The number of nitrogens with one attached hydrogen (secondary N) is 1. The molecule has 2 aliphatic rings. The van der Waals surface area contributed by atoms with E-state index in [9.17, 15) is 9.59 Å². The maximum Gasteiger partial charge on any atom is 0.264 e. The first-order valence-electron chi connectivity index (χ1n) is 7.93. The molecule has 0 aromatic carbocycles. The molecule has 120 valence electrons. The molecule has 1 N–H and O–H groups in total. The van der Waals surface area contributed by atoms with Gasteiger partial charge in [-0.15, -0.1) is 11.3 Å². The third-order valence-electron chi connectivity index (χ3n) is 4.65. The van der Waals surface area contributed by atoms with Gasteiger partial charge in [-0.2, -0.15) is 0 Å². The molecule has 1 aromatic rings. The van der Waals surface area contributed by atoms with Crippen LogP contribution < -0.4 is 5.32 Å². The van der Waals surface area contributed by atoms with Crippen molar-refractivity contribution < 1.29 is 9.59 Å². The van der Waals surface area contributed by atoms with E-state index in [1.54, 1.807) is 23.3 Å². The maximum absolute atomic E-state index is 12.8. The Morgan fingerprint density at radius 2 is 2.05 bits per heavy atom. The molecular formula is C16H23N3O2S. The van der Waals surface area contributed by atoms with Gasteiger partial charge in [0, 0.05) is 31.6 Å². The summed E-state index contributed by atoms with van der Waals surface area (Å²) < 4.78 is 0. The highest BCUT2D eigenvalue weighted by Crippen LogP contribution is 2.29. The maximum atomic E-state index is 12.8. The molecule has 1 aromatic heterocycles. The lowest BCUT2D eigenvalue weighted by molar-refractivity contribution is -0.124. The fraction of sp³-hybridized carbons (Fsp3) is 0.625. The van der Waals surface area contributed by atoms with E-state index in [0.717, 1.165) is 43.6 Å². The molecule has 0 unspecified atom stereocenters. The summed E-state index contributed by atoms with van der Waals surface area (Å²) in [5.74, 6) is -0.0249. The number of carbonyl (C=O) groups is 2. The summed E-state index contributed by atoms with van der Waals surface area (Å²) in [7, 11) is 3.77. The zero-order valence-electron chi connectivity index (χ0n) is 13.2. The van der Waals surface area contributed by atoms with Gasteiger partial charge in [0.25, 0.3) is 5.91 Å². The lowest BCUT2D eigenvalue weighted by atomic mass is 10.1. The van der Waals surface area contributed by atoms with Gasteiger partial charge in [0.15, 0.2) is 0 Å². The fourth-order valence-electron chi connectivity index (χ4n) is 3.30. The van der Waals surface area contributed by atoms with Gasteiger partial charge in [0.05, 0.1) is 4.88 Å². The number of nitrogens with zero attached hydrogens (tertiary/aromatic N) is 2. The van der Waals surface area contributed by atoms with E-state index in [1.807, 2.05) is 0 Å². The molecule has 6 heteroatoms. The molecule has 0 bridgehead atoms. The van der Waals surface area contributed by atoms with Gasteiger partial charge in [-0.05, 0) is 44.4 Å². The summed E-state index contributed by atoms with van der Waals surface area (Å²) in [6, 6.07) is 1.76. The molecule has 1 saturated heterocycles. The fourth-order valence-corrected chi connectivity index (χ4v) is 4.46. The summed E-state index contributed by atoms with van der Waals surface area (Å²) in [4.78, 5) is 30.9. The Morgan fingerprint density at radius 1 is 1.27 bits per heavy atom. The minimum Gasteiger partial charge on any atom is -0.357 e. The van der Waals surface area contributed by atoms with Gasteiger partial charge in [-0.25, -0.2) is 0 Å². The molecule has 3 heterocycles. The van der Waals surface area contributed by atoms with E-state index in [2.05, 4.69) is 23.3 Å². The van der Waals surface area contributed by atoms with Crippen LogP contribution in [0.25, 0.3) is 0 Å². The predicted molar refractivity (Wildman–Crippen MR) is 87.3 cm³/mol. The summed E-state index contributed by atoms with van der Waals surface area (Å²) in [6.07, 6.45) is 3.69. The zero-order chi connectivity index (χ0) is 15.7. The molecule has 0 spiro atoms. The van der Waals surface area contributed by atoms with Gasteiger partial charge in [-0.3, -0.25) is 9.59 Å². The van der Waals surface area contributed by atoms with Crippen LogP contribution in [0.5, 0.6) is 0 Å². The number of carbonyl (C=O) groups excluding carboxylic acids is 2. The number of hydrogen-bond acceptors (Lipinski definition) is 4. The second-order valence-corrected chi connectivity index (χ2v) is 7.27. The number of fused-ring (bicyclic) bond motifs is 1. The third kappa shape index (κ3) is 2.90. The van der Waals surface area contributed by atoms with E-state index in [1.165, 1.54) is 10.4 Å². The molecule has 3 rings (SSSR count). The quantitative estimate of drug-likeness (QED) is 0.888. The predicted octanol–water partition coefficient (Wildman–Crippen LogP) is 1.13. The van der Waals surface area contributed by atoms with Crippen LogP contribution in [0.4, 0.5) is 0 Å². The Labute approximate surface area is 135 Å². The van der Waals surface area contributed by atoms with Crippen LogP contribution in [0.1, 0.15) is 33.0 Å². The van der Waals surface area contributed by atoms with Crippen molar-refractivity contribution in [2.75, 3.05) is 33.7 Å². The number of likely N-dealkylation sites (tertiary alicyclic amines) is 1. The largest absolute Gasteiger partial charge is 0.357 e. The smallest absolute Gasteiger partial charge is 0.264 e. The molecule has 0 radical (unpaired) electrons. The van der Waals surface area contributed by atoms with Gasteiger partial charge in [-0.1, -0.05) is 0 Å². The number of amides is 2. The number of thiophene rings is 1. The highest BCUT2D eigenvalue weighted by Gasteiger charge is 2.35. The molecule has 2 aliphatic heterocycles. The van der Waals surface area contributed by atoms with Crippen molar-refractivity contribution in [1.82, 2.24) is 15.1 Å². The van der Waals surface area contributed by atoms with Crippen molar-refractivity contribution in [1.29, 1.82) is 0 Å². The summed E-state index contributed by atoms with van der Waals surface area (Å²) in [5.41, 5.74) is 1.31. The molecule has 0 aliphatic carbocycles.